The summed E-state index contributed by atoms with van der Waals surface area (Å²) in [5.74, 6) is 0. The molecule has 1 heterocycles. The number of anilines is 1. The van der Waals surface area contributed by atoms with Crippen LogP contribution < -0.4 is 5.32 Å². The third-order valence-corrected chi connectivity index (χ3v) is 4.20. The van der Waals surface area contributed by atoms with Crippen LogP contribution in [0.15, 0.2) is 18.2 Å². The molecule has 0 aliphatic carbocycles. The molecule has 1 aromatic rings. The molecule has 1 aliphatic heterocycles. The van der Waals surface area contributed by atoms with Crippen molar-refractivity contribution >= 4 is 17.3 Å². The van der Waals surface area contributed by atoms with Crippen molar-refractivity contribution in [3.63, 3.8) is 0 Å². The van der Waals surface area contributed by atoms with Gasteiger partial charge in [-0.2, -0.15) is 13.2 Å². The van der Waals surface area contributed by atoms with Crippen LogP contribution in [0.5, 0.6) is 0 Å². The quantitative estimate of drug-likeness (QED) is 0.861. The van der Waals surface area contributed by atoms with Crippen molar-refractivity contribution in [1.82, 2.24) is 4.90 Å². The summed E-state index contributed by atoms with van der Waals surface area (Å²) in [5.41, 5.74) is 1.54. The summed E-state index contributed by atoms with van der Waals surface area (Å²) >= 11 is 6.12. The zero-order chi connectivity index (χ0) is 16.2. The molecule has 1 fully saturated rings. The number of rotatable bonds is 5. The fraction of sp³-hybridized carbons (Fsp3) is 0.600. The van der Waals surface area contributed by atoms with E-state index in [0.717, 1.165) is 24.1 Å². The largest absolute Gasteiger partial charge is 0.392 e. The van der Waals surface area contributed by atoms with Crippen molar-refractivity contribution in [2.45, 2.75) is 38.1 Å². The zero-order valence-corrected chi connectivity index (χ0v) is 12.9. The molecule has 0 aromatic heterocycles. The first-order chi connectivity index (χ1) is 10.4. The Morgan fingerprint density at radius 2 is 1.95 bits per heavy atom. The molecule has 0 unspecified atom stereocenters. The lowest BCUT2D eigenvalue weighted by atomic mass is 10.0. The fourth-order valence-corrected chi connectivity index (χ4v) is 2.76. The predicted molar refractivity (Wildman–Crippen MR) is 81.1 cm³/mol. The van der Waals surface area contributed by atoms with Crippen molar-refractivity contribution < 1.29 is 18.3 Å². The van der Waals surface area contributed by atoms with E-state index in [-0.39, 0.29) is 19.2 Å². The second-order valence-corrected chi connectivity index (χ2v) is 6.00. The standard InChI is InChI=1S/C15H20ClF3N2O/c16-13-2-1-11(10-22)9-14(13)20-12-3-6-21(7-4-12)8-5-15(17,18)19/h1-2,9,12,20,22H,3-8,10H2. The first kappa shape index (κ1) is 17.4. The number of alkyl halides is 3. The highest BCUT2D eigenvalue weighted by molar-refractivity contribution is 6.33. The van der Waals surface area contributed by atoms with E-state index in [1.165, 1.54) is 0 Å². The van der Waals surface area contributed by atoms with Gasteiger partial charge in [0.2, 0.25) is 0 Å². The molecule has 2 rings (SSSR count). The van der Waals surface area contributed by atoms with E-state index in [1.54, 1.807) is 18.2 Å². The SMILES string of the molecule is OCc1ccc(Cl)c(NC2CCN(CCC(F)(F)F)CC2)c1. The van der Waals surface area contributed by atoms with Crippen LogP contribution in [0.4, 0.5) is 18.9 Å². The Kier molecular flexibility index (Phi) is 5.94. The van der Waals surface area contributed by atoms with Crippen molar-refractivity contribution in [1.29, 1.82) is 0 Å². The Morgan fingerprint density at radius 1 is 1.27 bits per heavy atom. The number of likely N-dealkylation sites (tertiary alicyclic amines) is 1. The fourth-order valence-electron chi connectivity index (χ4n) is 2.59. The minimum absolute atomic E-state index is 0.0538. The number of aliphatic hydroxyl groups is 1. The van der Waals surface area contributed by atoms with E-state index >= 15 is 0 Å². The summed E-state index contributed by atoms with van der Waals surface area (Å²) in [6, 6.07) is 5.48. The highest BCUT2D eigenvalue weighted by Crippen LogP contribution is 2.26. The molecular weight excluding hydrogens is 317 g/mol. The van der Waals surface area contributed by atoms with Crippen molar-refractivity contribution in [2.24, 2.45) is 0 Å². The number of piperidine rings is 1. The molecule has 0 spiro atoms. The first-order valence-electron chi connectivity index (χ1n) is 7.32. The average Bonchev–Trinajstić information content (AvgIpc) is 2.48. The number of benzene rings is 1. The van der Waals surface area contributed by atoms with Gasteiger partial charge in [0, 0.05) is 25.7 Å². The minimum atomic E-state index is -4.09. The van der Waals surface area contributed by atoms with Gasteiger partial charge in [0.05, 0.1) is 23.7 Å². The molecule has 0 bridgehead atoms. The van der Waals surface area contributed by atoms with Gasteiger partial charge in [0.1, 0.15) is 0 Å². The maximum absolute atomic E-state index is 12.2. The molecule has 0 saturated carbocycles. The van der Waals surface area contributed by atoms with Crippen LogP contribution in [0.25, 0.3) is 0 Å². The van der Waals surface area contributed by atoms with E-state index in [0.29, 0.717) is 18.1 Å². The smallest absolute Gasteiger partial charge is 0.390 e. The van der Waals surface area contributed by atoms with Crippen LogP contribution >= 0.6 is 11.6 Å². The second kappa shape index (κ2) is 7.53. The van der Waals surface area contributed by atoms with Crippen LogP contribution in [0, 0.1) is 0 Å². The summed E-state index contributed by atoms with van der Waals surface area (Å²) in [5, 5.41) is 13.1. The molecule has 1 saturated heterocycles. The number of hydrogen-bond donors (Lipinski definition) is 2. The van der Waals surface area contributed by atoms with E-state index < -0.39 is 12.6 Å². The van der Waals surface area contributed by atoms with E-state index in [9.17, 15) is 13.2 Å². The molecular formula is C15H20ClF3N2O. The van der Waals surface area contributed by atoms with Crippen LogP contribution in [0.2, 0.25) is 5.02 Å². The van der Waals surface area contributed by atoms with Gasteiger partial charge in [0.15, 0.2) is 0 Å². The van der Waals surface area contributed by atoms with Crippen molar-refractivity contribution in [3.8, 4) is 0 Å². The topological polar surface area (TPSA) is 35.5 Å². The Bertz CT molecular complexity index is 488. The number of nitrogens with one attached hydrogen (secondary N) is 1. The first-order valence-corrected chi connectivity index (χ1v) is 7.70. The van der Waals surface area contributed by atoms with Crippen molar-refractivity contribution in [3.05, 3.63) is 28.8 Å². The molecule has 0 amide bonds. The third kappa shape index (κ3) is 5.34. The number of halogens is 4. The summed E-state index contributed by atoms with van der Waals surface area (Å²) in [6.45, 7) is 1.30. The monoisotopic (exact) mass is 336 g/mol. The normalized spacial score (nSPS) is 17.7. The van der Waals surface area contributed by atoms with Gasteiger partial charge in [-0.05, 0) is 30.5 Å². The highest BCUT2D eigenvalue weighted by Gasteiger charge is 2.29. The molecule has 1 aromatic carbocycles. The van der Waals surface area contributed by atoms with Gasteiger partial charge in [-0.3, -0.25) is 0 Å². The van der Waals surface area contributed by atoms with Gasteiger partial charge in [-0.15, -0.1) is 0 Å². The molecule has 2 N–H and O–H groups in total. The van der Waals surface area contributed by atoms with Crippen LogP contribution in [0.1, 0.15) is 24.8 Å². The Hall–Kier alpha value is -0.980. The number of nitrogens with zero attached hydrogens (tertiary/aromatic N) is 1. The molecule has 0 atom stereocenters. The molecule has 22 heavy (non-hydrogen) atoms. The van der Waals surface area contributed by atoms with Crippen LogP contribution in [0.3, 0.4) is 0 Å². The lowest BCUT2D eigenvalue weighted by molar-refractivity contribution is -0.138. The van der Waals surface area contributed by atoms with Gasteiger partial charge >= 0.3 is 6.18 Å². The second-order valence-electron chi connectivity index (χ2n) is 5.60. The maximum atomic E-state index is 12.2. The highest BCUT2D eigenvalue weighted by atomic mass is 35.5. The van der Waals surface area contributed by atoms with Gasteiger partial charge < -0.3 is 15.3 Å². The maximum Gasteiger partial charge on any atom is 0.390 e. The molecule has 1 aliphatic rings. The average molecular weight is 337 g/mol. The number of hydrogen-bond acceptors (Lipinski definition) is 3. The Labute approximate surface area is 133 Å². The van der Waals surface area contributed by atoms with E-state index in [1.807, 2.05) is 4.90 Å². The third-order valence-electron chi connectivity index (χ3n) is 3.87. The molecule has 3 nitrogen and oxygen atoms in total. The van der Waals surface area contributed by atoms with E-state index in [2.05, 4.69) is 5.32 Å². The van der Waals surface area contributed by atoms with Gasteiger partial charge in [-0.1, -0.05) is 17.7 Å². The number of aliphatic hydroxyl groups excluding tert-OH is 1. The minimum Gasteiger partial charge on any atom is -0.392 e. The Balaban J connectivity index is 1.82. The van der Waals surface area contributed by atoms with E-state index in [4.69, 9.17) is 16.7 Å². The lowest BCUT2D eigenvalue weighted by Crippen LogP contribution is -2.40. The van der Waals surface area contributed by atoms with Crippen LogP contribution in [-0.4, -0.2) is 41.9 Å². The van der Waals surface area contributed by atoms with Gasteiger partial charge in [0.25, 0.3) is 0 Å². The molecule has 124 valence electrons. The zero-order valence-electron chi connectivity index (χ0n) is 12.2. The van der Waals surface area contributed by atoms with Gasteiger partial charge in [-0.25, -0.2) is 0 Å². The van der Waals surface area contributed by atoms with Crippen LogP contribution in [-0.2, 0) is 6.61 Å². The summed E-state index contributed by atoms with van der Waals surface area (Å²) in [6.07, 6.45) is -3.29. The summed E-state index contributed by atoms with van der Waals surface area (Å²) in [7, 11) is 0. The molecule has 0 radical (unpaired) electrons. The Morgan fingerprint density at radius 3 is 2.55 bits per heavy atom. The van der Waals surface area contributed by atoms with Crippen molar-refractivity contribution in [2.75, 3.05) is 25.0 Å². The summed E-state index contributed by atoms with van der Waals surface area (Å²) in [4.78, 5) is 1.84. The lowest BCUT2D eigenvalue weighted by Gasteiger charge is -2.33. The summed E-state index contributed by atoms with van der Waals surface area (Å²) < 4.78 is 36.6. The molecule has 7 heteroatoms. The predicted octanol–water partition coefficient (Wildman–Crippen LogP) is 3.66.